The molecule has 0 spiro atoms. The van der Waals surface area contributed by atoms with Gasteiger partial charge in [-0.15, -0.1) is 0 Å². The first-order chi connectivity index (χ1) is 14.6. The average molecular weight is 404 g/mol. The molecular formula is C22H21FN6O. The molecule has 1 atom stereocenters. The minimum atomic E-state index is -0.271. The molecule has 1 aliphatic heterocycles. The highest BCUT2D eigenvalue weighted by molar-refractivity contribution is 5.93. The van der Waals surface area contributed by atoms with Gasteiger partial charge in [-0.2, -0.15) is 10.2 Å². The maximum Gasteiger partial charge on any atom is 0.257 e. The number of hydrogen-bond acceptors (Lipinski definition) is 4. The number of carbonyl (C=O) groups is 1. The number of hydrogen-bond donors (Lipinski definition) is 0. The second kappa shape index (κ2) is 7.37. The summed E-state index contributed by atoms with van der Waals surface area (Å²) < 4.78 is 16.9. The van der Waals surface area contributed by atoms with Crippen molar-refractivity contribution in [3.8, 4) is 11.1 Å². The van der Waals surface area contributed by atoms with Crippen LogP contribution in [0.5, 0.6) is 0 Å². The predicted molar refractivity (Wildman–Crippen MR) is 109 cm³/mol. The average Bonchev–Trinajstić information content (AvgIpc) is 3.39. The number of nitrogens with zero attached hydrogens (tertiary/aromatic N) is 6. The molecule has 5 rings (SSSR count). The summed E-state index contributed by atoms with van der Waals surface area (Å²) in [5, 5.41) is 8.77. The third-order valence-electron chi connectivity index (χ3n) is 5.53. The topological polar surface area (TPSA) is 68.3 Å². The van der Waals surface area contributed by atoms with E-state index < -0.39 is 0 Å². The van der Waals surface area contributed by atoms with Crippen LogP contribution in [0.25, 0.3) is 16.8 Å². The minimum absolute atomic E-state index is 0.00930. The summed E-state index contributed by atoms with van der Waals surface area (Å²) >= 11 is 0. The van der Waals surface area contributed by atoms with E-state index in [-0.39, 0.29) is 17.6 Å². The Bertz CT molecular complexity index is 1230. The molecule has 1 saturated heterocycles. The van der Waals surface area contributed by atoms with E-state index in [9.17, 15) is 9.18 Å². The summed E-state index contributed by atoms with van der Waals surface area (Å²) in [6.45, 7) is 1.31. The van der Waals surface area contributed by atoms with Gasteiger partial charge in [0.2, 0.25) is 0 Å². The standard InChI is InChI=1S/C22H21FN6O/c1-27-12-18(11-24-27)22(30)28-9-3-5-17(13-28)21-25-20-8-7-16(14-29(20)26-21)15-4-2-6-19(23)10-15/h2,4,6-8,10-12,14,17H,3,5,9,13H2,1H3/t17-/m1/s1. The van der Waals surface area contributed by atoms with Gasteiger partial charge in [-0.1, -0.05) is 12.1 Å². The molecular weight excluding hydrogens is 383 g/mol. The van der Waals surface area contributed by atoms with Crippen LogP contribution in [-0.4, -0.2) is 48.3 Å². The summed E-state index contributed by atoms with van der Waals surface area (Å²) in [4.78, 5) is 19.3. The Balaban J connectivity index is 1.39. The van der Waals surface area contributed by atoms with E-state index in [4.69, 9.17) is 0 Å². The highest BCUT2D eigenvalue weighted by Gasteiger charge is 2.28. The fraction of sp³-hybridized carbons (Fsp3) is 0.273. The highest BCUT2D eigenvalue weighted by atomic mass is 19.1. The molecule has 4 aromatic rings. The summed E-state index contributed by atoms with van der Waals surface area (Å²) in [5.74, 6) is 0.532. The molecule has 7 nitrogen and oxygen atoms in total. The minimum Gasteiger partial charge on any atom is -0.338 e. The van der Waals surface area contributed by atoms with Crippen LogP contribution in [0.15, 0.2) is 55.0 Å². The van der Waals surface area contributed by atoms with Crippen molar-refractivity contribution in [3.05, 3.63) is 72.2 Å². The van der Waals surface area contributed by atoms with Crippen molar-refractivity contribution in [3.63, 3.8) is 0 Å². The lowest BCUT2D eigenvalue weighted by atomic mass is 9.97. The maximum atomic E-state index is 13.6. The van der Waals surface area contributed by atoms with Crippen LogP contribution in [0, 0.1) is 5.82 Å². The fourth-order valence-corrected chi connectivity index (χ4v) is 4.00. The molecule has 30 heavy (non-hydrogen) atoms. The Hall–Kier alpha value is -3.55. The lowest BCUT2D eigenvalue weighted by Crippen LogP contribution is -2.39. The molecule has 0 N–H and O–H groups in total. The van der Waals surface area contributed by atoms with Crippen molar-refractivity contribution >= 4 is 11.6 Å². The van der Waals surface area contributed by atoms with Crippen LogP contribution in [0.4, 0.5) is 4.39 Å². The van der Waals surface area contributed by atoms with Crippen LogP contribution in [0.3, 0.4) is 0 Å². The number of aromatic nitrogens is 5. The van der Waals surface area contributed by atoms with Crippen LogP contribution in [0.1, 0.15) is 34.9 Å². The van der Waals surface area contributed by atoms with Crippen molar-refractivity contribution in [1.82, 2.24) is 29.3 Å². The van der Waals surface area contributed by atoms with Gasteiger partial charge in [0, 0.05) is 44.0 Å². The van der Waals surface area contributed by atoms with Gasteiger partial charge in [-0.05, 0) is 42.7 Å². The first-order valence-electron chi connectivity index (χ1n) is 9.97. The smallest absolute Gasteiger partial charge is 0.257 e. The van der Waals surface area contributed by atoms with E-state index in [2.05, 4.69) is 15.2 Å². The zero-order chi connectivity index (χ0) is 20.7. The second-order valence-electron chi connectivity index (χ2n) is 7.69. The Morgan fingerprint density at radius 1 is 1.17 bits per heavy atom. The quantitative estimate of drug-likeness (QED) is 0.526. The van der Waals surface area contributed by atoms with Gasteiger partial charge >= 0.3 is 0 Å². The van der Waals surface area contributed by atoms with Crippen LogP contribution < -0.4 is 0 Å². The third kappa shape index (κ3) is 3.45. The van der Waals surface area contributed by atoms with E-state index in [1.54, 1.807) is 34.7 Å². The van der Waals surface area contributed by atoms with Gasteiger partial charge in [0.1, 0.15) is 5.82 Å². The first kappa shape index (κ1) is 18.5. The van der Waals surface area contributed by atoms with Gasteiger partial charge in [0.15, 0.2) is 11.5 Å². The molecule has 0 saturated carbocycles. The highest BCUT2D eigenvalue weighted by Crippen LogP contribution is 2.27. The summed E-state index contributed by atoms with van der Waals surface area (Å²) in [6, 6.07) is 10.3. The van der Waals surface area contributed by atoms with Crippen molar-refractivity contribution in [2.45, 2.75) is 18.8 Å². The summed E-state index contributed by atoms with van der Waals surface area (Å²) in [7, 11) is 1.80. The zero-order valence-corrected chi connectivity index (χ0v) is 16.6. The van der Waals surface area contributed by atoms with E-state index >= 15 is 0 Å². The number of pyridine rings is 1. The van der Waals surface area contributed by atoms with E-state index in [1.165, 1.54) is 12.1 Å². The number of piperidine rings is 1. The predicted octanol–water partition coefficient (Wildman–Crippen LogP) is 3.29. The Kier molecular flexibility index (Phi) is 4.54. The molecule has 0 radical (unpaired) electrons. The SMILES string of the molecule is Cn1cc(C(=O)N2CCC[C@@H](c3nc4ccc(-c5cccc(F)c5)cn4n3)C2)cn1. The molecule has 8 heteroatoms. The lowest BCUT2D eigenvalue weighted by molar-refractivity contribution is 0.0704. The number of aryl methyl sites for hydroxylation is 1. The first-order valence-corrected chi connectivity index (χ1v) is 9.97. The van der Waals surface area contributed by atoms with Crippen molar-refractivity contribution in [1.29, 1.82) is 0 Å². The Morgan fingerprint density at radius 3 is 2.87 bits per heavy atom. The molecule has 0 unspecified atom stereocenters. The number of benzene rings is 1. The largest absolute Gasteiger partial charge is 0.338 e. The van der Waals surface area contributed by atoms with Crippen LogP contribution in [-0.2, 0) is 7.05 Å². The third-order valence-corrected chi connectivity index (χ3v) is 5.53. The van der Waals surface area contributed by atoms with Crippen molar-refractivity contribution in [2.75, 3.05) is 13.1 Å². The number of halogens is 1. The monoisotopic (exact) mass is 404 g/mol. The number of amides is 1. The van der Waals surface area contributed by atoms with E-state index in [0.29, 0.717) is 12.1 Å². The molecule has 0 bridgehead atoms. The number of fused-ring (bicyclic) bond motifs is 1. The van der Waals surface area contributed by atoms with E-state index in [1.807, 2.05) is 29.3 Å². The molecule has 1 amide bonds. The van der Waals surface area contributed by atoms with Gasteiger partial charge < -0.3 is 4.90 Å². The molecule has 0 aliphatic carbocycles. The zero-order valence-electron chi connectivity index (χ0n) is 16.6. The summed E-state index contributed by atoms with van der Waals surface area (Å²) in [6.07, 6.45) is 7.04. The van der Waals surface area contributed by atoms with Crippen molar-refractivity contribution in [2.24, 2.45) is 7.05 Å². The van der Waals surface area contributed by atoms with Gasteiger partial charge in [0.25, 0.3) is 5.91 Å². The summed E-state index contributed by atoms with van der Waals surface area (Å²) in [5.41, 5.74) is 3.00. The van der Waals surface area contributed by atoms with Crippen LogP contribution in [0.2, 0.25) is 0 Å². The molecule has 1 aromatic carbocycles. The van der Waals surface area contributed by atoms with Gasteiger partial charge in [-0.3, -0.25) is 9.48 Å². The number of carbonyl (C=O) groups excluding carboxylic acids is 1. The van der Waals surface area contributed by atoms with Crippen LogP contribution >= 0.6 is 0 Å². The molecule has 152 valence electrons. The normalized spacial score (nSPS) is 16.9. The fourth-order valence-electron chi connectivity index (χ4n) is 4.00. The van der Waals surface area contributed by atoms with E-state index in [0.717, 1.165) is 42.0 Å². The maximum absolute atomic E-state index is 13.6. The molecule has 1 fully saturated rings. The lowest BCUT2D eigenvalue weighted by Gasteiger charge is -2.31. The second-order valence-corrected chi connectivity index (χ2v) is 7.69. The number of likely N-dealkylation sites (tertiary alicyclic amines) is 1. The number of rotatable bonds is 3. The van der Waals surface area contributed by atoms with Crippen molar-refractivity contribution < 1.29 is 9.18 Å². The van der Waals surface area contributed by atoms with Gasteiger partial charge in [-0.25, -0.2) is 13.9 Å². The molecule has 3 aromatic heterocycles. The van der Waals surface area contributed by atoms with Gasteiger partial charge in [0.05, 0.1) is 11.8 Å². The molecule has 4 heterocycles. The molecule has 1 aliphatic rings. The Morgan fingerprint density at radius 2 is 2.07 bits per heavy atom. The Labute approximate surface area is 172 Å².